The van der Waals surface area contributed by atoms with Gasteiger partial charge in [-0.2, -0.15) is 0 Å². The first kappa shape index (κ1) is 16.2. The van der Waals surface area contributed by atoms with E-state index in [4.69, 9.17) is 5.11 Å². The van der Waals surface area contributed by atoms with Crippen molar-refractivity contribution in [1.82, 2.24) is 0 Å². The van der Waals surface area contributed by atoms with Gasteiger partial charge in [-0.05, 0) is 37.5 Å². The van der Waals surface area contributed by atoms with Gasteiger partial charge in [0.15, 0.2) is 0 Å². The van der Waals surface area contributed by atoms with E-state index in [1.807, 2.05) is 19.1 Å². The summed E-state index contributed by atoms with van der Waals surface area (Å²) in [7, 11) is 0. The monoisotopic (exact) mass is 278 g/mol. The molecule has 3 N–H and O–H groups in total. The SMILES string of the molecule is CCC(=O)Nc1ccc(C)c(NC(=O)CCCCO)c1. The second-order valence-electron chi connectivity index (χ2n) is 4.66. The zero-order valence-corrected chi connectivity index (χ0v) is 12.0. The highest BCUT2D eigenvalue weighted by Gasteiger charge is 2.07. The summed E-state index contributed by atoms with van der Waals surface area (Å²) in [4.78, 5) is 23.1. The van der Waals surface area contributed by atoms with Gasteiger partial charge in [-0.1, -0.05) is 13.0 Å². The van der Waals surface area contributed by atoms with Gasteiger partial charge in [-0.3, -0.25) is 9.59 Å². The van der Waals surface area contributed by atoms with Crippen LogP contribution in [0.3, 0.4) is 0 Å². The number of aliphatic hydroxyl groups excluding tert-OH is 1. The molecular formula is C15H22N2O3. The summed E-state index contributed by atoms with van der Waals surface area (Å²) >= 11 is 0. The third kappa shape index (κ3) is 5.40. The van der Waals surface area contributed by atoms with Gasteiger partial charge in [-0.25, -0.2) is 0 Å². The van der Waals surface area contributed by atoms with Crippen molar-refractivity contribution >= 4 is 23.2 Å². The van der Waals surface area contributed by atoms with Crippen molar-refractivity contribution in [1.29, 1.82) is 0 Å². The van der Waals surface area contributed by atoms with Crippen LogP contribution in [-0.2, 0) is 9.59 Å². The standard InChI is InChI=1S/C15H22N2O3/c1-3-14(19)16-12-8-7-11(2)13(10-12)17-15(20)6-4-5-9-18/h7-8,10,18H,3-6,9H2,1-2H3,(H,16,19)(H,17,20). The van der Waals surface area contributed by atoms with Gasteiger partial charge >= 0.3 is 0 Å². The highest BCUT2D eigenvalue weighted by Crippen LogP contribution is 2.20. The quantitative estimate of drug-likeness (QED) is 0.670. The van der Waals surface area contributed by atoms with Gasteiger partial charge < -0.3 is 15.7 Å². The normalized spacial score (nSPS) is 10.2. The van der Waals surface area contributed by atoms with Crippen molar-refractivity contribution in [2.75, 3.05) is 17.2 Å². The summed E-state index contributed by atoms with van der Waals surface area (Å²) < 4.78 is 0. The van der Waals surface area contributed by atoms with Crippen molar-refractivity contribution in [2.24, 2.45) is 0 Å². The molecule has 110 valence electrons. The van der Waals surface area contributed by atoms with Crippen molar-refractivity contribution in [3.63, 3.8) is 0 Å². The van der Waals surface area contributed by atoms with Crippen molar-refractivity contribution in [3.8, 4) is 0 Å². The van der Waals surface area contributed by atoms with Crippen LogP contribution < -0.4 is 10.6 Å². The summed E-state index contributed by atoms with van der Waals surface area (Å²) in [5.41, 5.74) is 2.32. The van der Waals surface area contributed by atoms with Crippen LogP contribution in [-0.4, -0.2) is 23.5 Å². The molecule has 2 amide bonds. The Bertz CT molecular complexity index is 472. The minimum atomic E-state index is -0.0829. The molecule has 0 aliphatic rings. The summed E-state index contributed by atoms with van der Waals surface area (Å²) in [6.45, 7) is 3.78. The first-order valence-corrected chi connectivity index (χ1v) is 6.88. The molecule has 0 bridgehead atoms. The predicted molar refractivity (Wildman–Crippen MR) is 79.7 cm³/mol. The van der Waals surface area contributed by atoms with Crippen molar-refractivity contribution < 1.29 is 14.7 Å². The molecule has 0 aromatic heterocycles. The lowest BCUT2D eigenvalue weighted by Gasteiger charge is -2.11. The Labute approximate surface area is 119 Å². The number of benzene rings is 1. The van der Waals surface area contributed by atoms with Crippen LogP contribution >= 0.6 is 0 Å². The second kappa shape index (κ2) is 8.32. The van der Waals surface area contributed by atoms with Gasteiger partial charge in [0.1, 0.15) is 0 Å². The predicted octanol–water partition coefficient (Wildman–Crippen LogP) is 2.44. The van der Waals surface area contributed by atoms with Gasteiger partial charge in [0, 0.05) is 30.8 Å². The lowest BCUT2D eigenvalue weighted by Crippen LogP contribution is -2.14. The molecule has 0 saturated heterocycles. The minimum Gasteiger partial charge on any atom is -0.396 e. The van der Waals surface area contributed by atoms with E-state index in [0.717, 1.165) is 5.56 Å². The number of carbonyl (C=O) groups is 2. The zero-order valence-electron chi connectivity index (χ0n) is 12.0. The van der Waals surface area contributed by atoms with Crippen LogP contribution in [0.1, 0.15) is 38.2 Å². The van der Waals surface area contributed by atoms with Gasteiger partial charge in [0.2, 0.25) is 11.8 Å². The number of hydrogen-bond acceptors (Lipinski definition) is 3. The third-order valence-corrected chi connectivity index (χ3v) is 2.93. The van der Waals surface area contributed by atoms with E-state index in [1.54, 1.807) is 13.0 Å². The maximum atomic E-state index is 11.7. The molecule has 0 aliphatic heterocycles. The van der Waals surface area contributed by atoms with E-state index < -0.39 is 0 Å². The molecule has 20 heavy (non-hydrogen) atoms. The van der Waals surface area contributed by atoms with E-state index in [-0.39, 0.29) is 18.4 Å². The lowest BCUT2D eigenvalue weighted by molar-refractivity contribution is -0.116. The van der Waals surface area contributed by atoms with Crippen molar-refractivity contribution in [2.45, 2.75) is 39.5 Å². The Morgan fingerprint density at radius 1 is 1.15 bits per heavy atom. The van der Waals surface area contributed by atoms with E-state index in [2.05, 4.69) is 10.6 Å². The first-order valence-electron chi connectivity index (χ1n) is 6.88. The summed E-state index contributed by atoms with van der Waals surface area (Å²) in [6, 6.07) is 5.42. The average Bonchev–Trinajstić information content (AvgIpc) is 2.42. The molecular weight excluding hydrogens is 256 g/mol. The van der Waals surface area contributed by atoms with Gasteiger partial charge in [-0.15, -0.1) is 0 Å². The number of amides is 2. The molecule has 1 aromatic carbocycles. The second-order valence-corrected chi connectivity index (χ2v) is 4.66. The number of aliphatic hydroxyl groups is 1. The smallest absolute Gasteiger partial charge is 0.224 e. The Morgan fingerprint density at radius 2 is 1.90 bits per heavy atom. The van der Waals surface area contributed by atoms with Gasteiger partial charge in [0.05, 0.1) is 0 Å². The fourth-order valence-corrected chi connectivity index (χ4v) is 1.69. The number of hydrogen-bond donors (Lipinski definition) is 3. The molecule has 1 rings (SSSR count). The molecule has 0 spiro atoms. The topological polar surface area (TPSA) is 78.4 Å². The zero-order chi connectivity index (χ0) is 15.0. The largest absolute Gasteiger partial charge is 0.396 e. The van der Waals surface area contributed by atoms with Gasteiger partial charge in [0.25, 0.3) is 0 Å². The van der Waals surface area contributed by atoms with Crippen LogP contribution in [0.15, 0.2) is 18.2 Å². The third-order valence-electron chi connectivity index (χ3n) is 2.93. The maximum Gasteiger partial charge on any atom is 0.224 e. The van der Waals surface area contributed by atoms with Crippen molar-refractivity contribution in [3.05, 3.63) is 23.8 Å². The summed E-state index contributed by atoms with van der Waals surface area (Å²) in [6.07, 6.45) is 2.08. The summed E-state index contributed by atoms with van der Waals surface area (Å²) in [5, 5.41) is 14.3. The minimum absolute atomic E-state index is 0.0610. The Morgan fingerprint density at radius 3 is 2.55 bits per heavy atom. The fourth-order valence-electron chi connectivity index (χ4n) is 1.69. The number of nitrogens with one attached hydrogen (secondary N) is 2. The highest BCUT2D eigenvalue weighted by atomic mass is 16.3. The highest BCUT2D eigenvalue weighted by molar-refractivity contribution is 5.94. The van der Waals surface area contributed by atoms with Crippen LogP contribution in [0.25, 0.3) is 0 Å². The molecule has 1 aromatic rings. The van der Waals surface area contributed by atoms with E-state index in [9.17, 15) is 9.59 Å². The molecule has 5 heteroatoms. The lowest BCUT2D eigenvalue weighted by atomic mass is 10.1. The molecule has 0 atom stereocenters. The molecule has 0 saturated carbocycles. The molecule has 0 fully saturated rings. The molecule has 5 nitrogen and oxygen atoms in total. The Hall–Kier alpha value is -1.88. The number of aryl methyl sites for hydroxylation is 1. The molecule has 0 unspecified atom stereocenters. The van der Waals surface area contributed by atoms with E-state index in [0.29, 0.717) is 37.1 Å². The number of carbonyl (C=O) groups excluding carboxylic acids is 2. The maximum absolute atomic E-state index is 11.7. The average molecular weight is 278 g/mol. The van der Waals surface area contributed by atoms with Crippen LogP contribution in [0.5, 0.6) is 0 Å². The van der Waals surface area contributed by atoms with Crippen LogP contribution in [0, 0.1) is 6.92 Å². The molecule has 0 heterocycles. The number of anilines is 2. The number of unbranched alkanes of at least 4 members (excludes halogenated alkanes) is 1. The Balaban J connectivity index is 2.66. The van der Waals surface area contributed by atoms with Crippen LogP contribution in [0.4, 0.5) is 11.4 Å². The van der Waals surface area contributed by atoms with E-state index >= 15 is 0 Å². The first-order chi connectivity index (χ1) is 9.56. The number of rotatable bonds is 7. The van der Waals surface area contributed by atoms with E-state index in [1.165, 1.54) is 0 Å². The molecule has 0 aliphatic carbocycles. The Kier molecular flexibility index (Phi) is 6.73. The fraction of sp³-hybridized carbons (Fsp3) is 0.467. The summed E-state index contributed by atoms with van der Waals surface area (Å²) in [5.74, 6) is -0.144. The molecule has 0 radical (unpaired) electrons. The van der Waals surface area contributed by atoms with Crippen LogP contribution in [0.2, 0.25) is 0 Å².